The van der Waals surface area contributed by atoms with Gasteiger partial charge < -0.3 is 0 Å². The first-order valence-electron chi connectivity index (χ1n) is 7.34. The van der Waals surface area contributed by atoms with E-state index in [1.807, 2.05) is 12.1 Å². The van der Waals surface area contributed by atoms with Gasteiger partial charge in [-0.1, -0.05) is 30.3 Å². The van der Waals surface area contributed by atoms with Crippen LogP contribution < -0.4 is 0 Å². The summed E-state index contributed by atoms with van der Waals surface area (Å²) in [6.45, 7) is 0.231. The van der Waals surface area contributed by atoms with E-state index in [0.29, 0.717) is 21.9 Å². The van der Waals surface area contributed by atoms with Crippen LogP contribution in [0.1, 0.15) is 12.5 Å². The number of hydrogen-bond donors (Lipinski definition) is 0. The van der Waals surface area contributed by atoms with Crippen molar-refractivity contribution in [2.24, 2.45) is 0 Å². The van der Waals surface area contributed by atoms with Crippen molar-refractivity contribution in [3.63, 3.8) is 0 Å². The molecule has 122 valence electrons. The molecule has 2 aromatic heterocycles. The zero-order chi connectivity index (χ0) is 17.1. The van der Waals surface area contributed by atoms with Crippen LogP contribution in [0.3, 0.4) is 0 Å². The molecule has 0 unspecified atom stereocenters. The second kappa shape index (κ2) is 4.69. The third-order valence-corrected chi connectivity index (χ3v) is 4.27. The molecule has 0 radical (unpaired) electrons. The minimum absolute atomic E-state index is 0.231. The summed E-state index contributed by atoms with van der Waals surface area (Å²) in [5, 5.41) is 1.96. The minimum Gasteiger partial charge on any atom is -0.299 e. The lowest BCUT2D eigenvalue weighted by Gasteiger charge is -2.24. The number of imidazole rings is 1. The van der Waals surface area contributed by atoms with Gasteiger partial charge in [-0.25, -0.2) is 4.98 Å². The predicted octanol–water partition coefficient (Wildman–Crippen LogP) is 5.39. The zero-order valence-corrected chi connectivity index (χ0v) is 12.6. The van der Waals surface area contributed by atoms with Gasteiger partial charge in [-0.3, -0.25) is 4.40 Å². The average Bonchev–Trinajstić information content (AvgIpc) is 3.03. The Labute approximate surface area is 134 Å². The molecule has 24 heavy (non-hydrogen) atoms. The Hall–Kier alpha value is -2.63. The van der Waals surface area contributed by atoms with E-state index in [0.717, 1.165) is 17.5 Å². The number of nitrogens with zero attached hydrogens (tertiary/aromatic N) is 2. The van der Waals surface area contributed by atoms with E-state index in [4.69, 9.17) is 0 Å². The molecule has 0 spiro atoms. The molecule has 0 fully saturated rings. The van der Waals surface area contributed by atoms with Gasteiger partial charge in [0.2, 0.25) is 0 Å². The highest BCUT2D eigenvalue weighted by Crippen LogP contribution is 2.43. The Bertz CT molecular complexity index is 1080. The number of benzene rings is 2. The van der Waals surface area contributed by atoms with Gasteiger partial charge in [0.25, 0.3) is 0 Å². The van der Waals surface area contributed by atoms with E-state index in [1.54, 1.807) is 28.9 Å². The second-order valence-corrected chi connectivity index (χ2v) is 5.86. The molecule has 0 aliphatic rings. The van der Waals surface area contributed by atoms with Gasteiger partial charge in [0, 0.05) is 35.7 Å². The lowest BCUT2D eigenvalue weighted by atomic mass is 9.98. The largest absolute Gasteiger partial charge is 0.335 e. The van der Waals surface area contributed by atoms with Crippen LogP contribution in [0.25, 0.3) is 27.3 Å². The number of fused-ring (bicyclic) bond motifs is 6. The molecule has 2 nitrogen and oxygen atoms in total. The van der Waals surface area contributed by atoms with Crippen LogP contribution in [0.4, 0.5) is 17.6 Å². The summed E-state index contributed by atoms with van der Waals surface area (Å²) >= 11 is 0. The number of aromatic nitrogens is 2. The normalized spacial score (nSPS) is 13.2. The third-order valence-electron chi connectivity index (χ3n) is 4.27. The van der Waals surface area contributed by atoms with Crippen LogP contribution in [-0.4, -0.2) is 15.3 Å². The molecule has 2 heterocycles. The van der Waals surface area contributed by atoms with Gasteiger partial charge in [0.1, 0.15) is 5.65 Å². The first-order valence-corrected chi connectivity index (χ1v) is 7.34. The van der Waals surface area contributed by atoms with Crippen LogP contribution in [0.2, 0.25) is 0 Å². The summed E-state index contributed by atoms with van der Waals surface area (Å²) < 4.78 is 56.6. The molecular formula is C18H12F4N2. The lowest BCUT2D eigenvalue weighted by molar-refractivity contribution is -0.204. The number of rotatable bonds is 2. The highest BCUT2D eigenvalue weighted by molar-refractivity contribution is 6.11. The highest BCUT2D eigenvalue weighted by Gasteiger charge is 2.53. The van der Waals surface area contributed by atoms with Crippen molar-refractivity contribution in [2.45, 2.75) is 18.8 Å². The first kappa shape index (κ1) is 14.9. The third kappa shape index (κ3) is 1.92. The van der Waals surface area contributed by atoms with E-state index < -0.39 is 17.4 Å². The van der Waals surface area contributed by atoms with Crippen molar-refractivity contribution in [2.75, 3.05) is 0 Å². The maximum absolute atomic E-state index is 14.1. The maximum atomic E-state index is 14.1. The Morgan fingerprint density at radius 3 is 2.33 bits per heavy atom. The molecule has 0 atom stereocenters. The second-order valence-electron chi connectivity index (χ2n) is 5.86. The van der Waals surface area contributed by atoms with Gasteiger partial charge in [-0.05, 0) is 17.5 Å². The fraction of sp³-hybridized carbons (Fsp3) is 0.167. The summed E-state index contributed by atoms with van der Waals surface area (Å²) in [5.74, 6) is -8.39. The standard InChI is InChI=1S/C18H12F4N2/c1-17(19,20)18(21,22)11-6-7-15-14(10-11)12-4-2-3-5-13(12)16-23-8-9-24(15)16/h2-10H,1H3. The van der Waals surface area contributed by atoms with E-state index >= 15 is 0 Å². The fourth-order valence-corrected chi connectivity index (χ4v) is 3.02. The van der Waals surface area contributed by atoms with E-state index in [-0.39, 0.29) is 6.92 Å². The van der Waals surface area contributed by atoms with Crippen molar-refractivity contribution in [1.82, 2.24) is 9.38 Å². The molecule has 0 N–H and O–H groups in total. The Kier molecular flexibility index (Phi) is 2.92. The summed E-state index contributed by atoms with van der Waals surface area (Å²) in [6.07, 6.45) is 3.33. The van der Waals surface area contributed by atoms with E-state index in [2.05, 4.69) is 4.98 Å². The van der Waals surface area contributed by atoms with Gasteiger partial charge >= 0.3 is 11.8 Å². The molecule has 0 amide bonds. The summed E-state index contributed by atoms with van der Waals surface area (Å²) in [6, 6.07) is 10.8. The Balaban J connectivity index is 2.14. The van der Waals surface area contributed by atoms with Gasteiger partial charge in [0.15, 0.2) is 0 Å². The fourth-order valence-electron chi connectivity index (χ4n) is 3.02. The molecule has 2 aromatic carbocycles. The molecule has 4 rings (SSSR count). The van der Waals surface area contributed by atoms with Crippen LogP contribution in [0.15, 0.2) is 54.9 Å². The smallest absolute Gasteiger partial charge is 0.299 e. The van der Waals surface area contributed by atoms with Crippen LogP contribution in [0, 0.1) is 0 Å². The van der Waals surface area contributed by atoms with Gasteiger partial charge in [-0.2, -0.15) is 17.6 Å². The first-order chi connectivity index (χ1) is 11.3. The molecule has 0 aliphatic heterocycles. The Morgan fingerprint density at radius 1 is 0.917 bits per heavy atom. The number of hydrogen-bond acceptors (Lipinski definition) is 1. The van der Waals surface area contributed by atoms with Crippen LogP contribution in [0.5, 0.6) is 0 Å². The minimum atomic E-state index is -4.24. The Morgan fingerprint density at radius 2 is 1.62 bits per heavy atom. The quantitative estimate of drug-likeness (QED) is 0.355. The molecule has 4 aromatic rings. The molecule has 0 bridgehead atoms. The molecule has 0 saturated carbocycles. The number of alkyl halides is 4. The SMILES string of the molecule is CC(F)(F)C(F)(F)c1ccc2c(c1)c1ccccc1c1nccn21. The molecule has 0 aliphatic carbocycles. The summed E-state index contributed by atoms with van der Waals surface area (Å²) in [4.78, 5) is 4.30. The number of pyridine rings is 1. The van der Waals surface area contributed by atoms with Gasteiger partial charge in [0.05, 0.1) is 5.52 Å². The van der Waals surface area contributed by atoms with Crippen molar-refractivity contribution in [3.8, 4) is 0 Å². The van der Waals surface area contributed by atoms with Gasteiger partial charge in [-0.15, -0.1) is 0 Å². The van der Waals surface area contributed by atoms with Crippen molar-refractivity contribution in [3.05, 3.63) is 60.4 Å². The maximum Gasteiger partial charge on any atom is 0.335 e. The molecule has 0 saturated heterocycles. The topological polar surface area (TPSA) is 17.3 Å². The van der Waals surface area contributed by atoms with Crippen molar-refractivity contribution < 1.29 is 17.6 Å². The van der Waals surface area contributed by atoms with Crippen molar-refractivity contribution >= 4 is 27.3 Å². The van der Waals surface area contributed by atoms with Crippen molar-refractivity contribution in [1.29, 1.82) is 0 Å². The lowest BCUT2D eigenvalue weighted by Crippen LogP contribution is -2.34. The highest BCUT2D eigenvalue weighted by atomic mass is 19.3. The molecular weight excluding hydrogens is 320 g/mol. The molecule has 6 heteroatoms. The zero-order valence-electron chi connectivity index (χ0n) is 12.6. The van der Waals surface area contributed by atoms with E-state index in [1.165, 1.54) is 6.07 Å². The van der Waals surface area contributed by atoms with Crippen LogP contribution >= 0.6 is 0 Å². The number of halogens is 4. The summed E-state index contributed by atoms with van der Waals surface area (Å²) in [7, 11) is 0. The average molecular weight is 332 g/mol. The monoisotopic (exact) mass is 332 g/mol. The van der Waals surface area contributed by atoms with E-state index in [9.17, 15) is 17.6 Å². The summed E-state index contributed by atoms with van der Waals surface area (Å²) in [5.41, 5.74) is 0.630. The predicted molar refractivity (Wildman–Crippen MR) is 84.7 cm³/mol. The van der Waals surface area contributed by atoms with Crippen LogP contribution in [-0.2, 0) is 5.92 Å².